The molecule has 0 aliphatic heterocycles. The molecule has 1 aromatic carbocycles. The van der Waals surface area contributed by atoms with Gasteiger partial charge in [0.2, 0.25) is 11.0 Å². The summed E-state index contributed by atoms with van der Waals surface area (Å²) in [4.78, 5) is 12.1. The molecule has 0 spiro atoms. The fraction of sp³-hybridized carbons (Fsp3) is 0.222. The van der Waals surface area contributed by atoms with E-state index < -0.39 is 0 Å². The number of halogens is 1. The van der Waals surface area contributed by atoms with Gasteiger partial charge in [0.15, 0.2) is 0 Å². The average Bonchev–Trinajstić information content (AvgIpc) is 3.19. The van der Waals surface area contributed by atoms with Crippen LogP contribution in [0, 0.1) is 6.92 Å². The van der Waals surface area contributed by atoms with E-state index in [0.29, 0.717) is 16.8 Å². The van der Waals surface area contributed by atoms with Gasteiger partial charge in [-0.3, -0.25) is 10.1 Å². The van der Waals surface area contributed by atoms with Gasteiger partial charge in [0.25, 0.3) is 0 Å². The number of amides is 1. The van der Waals surface area contributed by atoms with Crippen molar-refractivity contribution in [2.45, 2.75) is 26.8 Å². The number of carbonyl (C=O) groups excluding carboxylic acids is 1. The molecule has 0 aliphatic rings. The highest BCUT2D eigenvalue weighted by molar-refractivity contribution is 7.15. The molecule has 0 aliphatic carbocycles. The zero-order chi connectivity index (χ0) is 18.5. The van der Waals surface area contributed by atoms with Gasteiger partial charge in [0.1, 0.15) is 10.2 Å². The van der Waals surface area contributed by atoms with Crippen LogP contribution in [0.1, 0.15) is 28.8 Å². The van der Waals surface area contributed by atoms with Crippen molar-refractivity contribution >= 4 is 40.1 Å². The van der Waals surface area contributed by atoms with E-state index in [2.05, 4.69) is 20.6 Å². The van der Waals surface area contributed by atoms with Crippen LogP contribution in [-0.4, -0.2) is 25.9 Å². The van der Waals surface area contributed by atoms with E-state index >= 15 is 0 Å². The van der Waals surface area contributed by atoms with Gasteiger partial charge < -0.3 is 0 Å². The Labute approximate surface area is 160 Å². The van der Waals surface area contributed by atoms with Crippen LogP contribution < -0.4 is 5.32 Å². The highest BCUT2D eigenvalue weighted by Gasteiger charge is 2.12. The summed E-state index contributed by atoms with van der Waals surface area (Å²) in [6, 6.07) is 9.95. The van der Waals surface area contributed by atoms with Crippen molar-refractivity contribution in [1.29, 1.82) is 0 Å². The van der Waals surface area contributed by atoms with E-state index in [0.717, 1.165) is 28.2 Å². The summed E-state index contributed by atoms with van der Waals surface area (Å²) in [6.45, 7) is 4.43. The topological polar surface area (TPSA) is 72.7 Å². The first-order chi connectivity index (χ1) is 12.6. The molecule has 0 saturated carbocycles. The molecule has 3 rings (SSSR count). The molecule has 0 radical (unpaired) electrons. The second-order valence-corrected chi connectivity index (χ2v) is 7.03. The number of aromatic nitrogens is 4. The highest BCUT2D eigenvalue weighted by atomic mass is 35.5. The molecule has 2 aromatic heterocycles. The number of nitrogens with zero attached hydrogens (tertiary/aromatic N) is 4. The van der Waals surface area contributed by atoms with Crippen molar-refractivity contribution in [1.82, 2.24) is 20.0 Å². The molecule has 2 heterocycles. The van der Waals surface area contributed by atoms with Crippen LogP contribution in [0.25, 0.3) is 6.08 Å². The molecule has 6 nitrogen and oxygen atoms in total. The number of benzene rings is 1. The maximum atomic E-state index is 12.1. The number of anilines is 1. The van der Waals surface area contributed by atoms with Gasteiger partial charge in [-0.25, -0.2) is 4.68 Å². The first-order valence-electron chi connectivity index (χ1n) is 8.15. The molecular formula is C18H18ClN5OS. The standard InChI is InChI=1S/C18H18ClN5OS/c1-3-16-21-22-18(26-16)20-15(25)10-9-14-12(2)23-24(17(14)19)11-13-7-5-4-6-8-13/h4-10H,3,11H2,1-2H3,(H,20,22,25)/b10-9+. The second kappa shape index (κ2) is 8.25. The Kier molecular flexibility index (Phi) is 5.80. The SMILES string of the molecule is CCc1nnc(NC(=O)/C=C/c2c(C)nn(Cc3ccccc3)c2Cl)s1. The summed E-state index contributed by atoms with van der Waals surface area (Å²) in [6.07, 6.45) is 3.89. The highest BCUT2D eigenvalue weighted by Crippen LogP contribution is 2.22. The Bertz CT molecular complexity index is 932. The number of hydrogen-bond acceptors (Lipinski definition) is 5. The minimum absolute atomic E-state index is 0.282. The monoisotopic (exact) mass is 387 g/mol. The van der Waals surface area contributed by atoms with Crippen molar-refractivity contribution in [3.8, 4) is 0 Å². The van der Waals surface area contributed by atoms with E-state index in [1.165, 1.54) is 17.4 Å². The predicted molar refractivity (Wildman–Crippen MR) is 104 cm³/mol. The van der Waals surface area contributed by atoms with E-state index in [-0.39, 0.29) is 5.91 Å². The number of rotatable bonds is 6. The molecule has 8 heteroatoms. The zero-order valence-electron chi connectivity index (χ0n) is 14.4. The maximum Gasteiger partial charge on any atom is 0.250 e. The van der Waals surface area contributed by atoms with Gasteiger partial charge in [-0.1, -0.05) is 60.2 Å². The maximum absolute atomic E-state index is 12.1. The third-order valence-electron chi connectivity index (χ3n) is 3.69. The lowest BCUT2D eigenvalue weighted by Crippen LogP contribution is -2.07. The van der Waals surface area contributed by atoms with Crippen LogP contribution in [-0.2, 0) is 17.8 Å². The summed E-state index contributed by atoms with van der Waals surface area (Å²) in [5.41, 5.74) is 2.59. The molecule has 0 unspecified atom stereocenters. The van der Waals surface area contributed by atoms with Crippen LogP contribution in [0.15, 0.2) is 36.4 Å². The number of aryl methyl sites for hydroxylation is 2. The third-order valence-corrected chi connectivity index (χ3v) is 5.07. The summed E-state index contributed by atoms with van der Waals surface area (Å²) >= 11 is 7.81. The summed E-state index contributed by atoms with van der Waals surface area (Å²) < 4.78 is 1.72. The van der Waals surface area contributed by atoms with Crippen LogP contribution in [0.2, 0.25) is 5.15 Å². The summed E-state index contributed by atoms with van der Waals surface area (Å²) in [7, 11) is 0. The number of carbonyl (C=O) groups is 1. The number of hydrogen-bond donors (Lipinski definition) is 1. The van der Waals surface area contributed by atoms with Gasteiger partial charge in [-0.15, -0.1) is 10.2 Å². The van der Waals surface area contributed by atoms with Gasteiger partial charge in [-0.2, -0.15) is 5.10 Å². The molecular weight excluding hydrogens is 370 g/mol. The average molecular weight is 388 g/mol. The molecule has 0 saturated heterocycles. The van der Waals surface area contributed by atoms with Crippen LogP contribution in [0.5, 0.6) is 0 Å². The molecule has 0 atom stereocenters. The van der Waals surface area contributed by atoms with Gasteiger partial charge in [-0.05, 0) is 25.0 Å². The van der Waals surface area contributed by atoms with Crippen LogP contribution in [0.3, 0.4) is 0 Å². The Morgan fingerprint density at radius 2 is 2.08 bits per heavy atom. The zero-order valence-corrected chi connectivity index (χ0v) is 16.0. The first-order valence-corrected chi connectivity index (χ1v) is 9.34. The Morgan fingerprint density at radius 1 is 1.31 bits per heavy atom. The lowest BCUT2D eigenvalue weighted by atomic mass is 10.2. The molecule has 0 fully saturated rings. The minimum Gasteiger partial charge on any atom is -0.297 e. The molecule has 3 aromatic rings. The fourth-order valence-corrected chi connectivity index (χ4v) is 3.35. The molecule has 26 heavy (non-hydrogen) atoms. The quantitative estimate of drug-likeness (QED) is 0.650. The third kappa shape index (κ3) is 4.36. The van der Waals surface area contributed by atoms with E-state index in [4.69, 9.17) is 11.6 Å². The van der Waals surface area contributed by atoms with Gasteiger partial charge in [0, 0.05) is 11.6 Å². The van der Waals surface area contributed by atoms with Crippen LogP contribution >= 0.6 is 22.9 Å². The molecule has 1 amide bonds. The minimum atomic E-state index is -0.282. The lowest BCUT2D eigenvalue weighted by molar-refractivity contribution is -0.111. The van der Waals surface area contributed by atoms with E-state index in [1.54, 1.807) is 10.8 Å². The van der Waals surface area contributed by atoms with Gasteiger partial charge in [0.05, 0.1) is 12.2 Å². The fourth-order valence-electron chi connectivity index (χ4n) is 2.37. The Hall–Kier alpha value is -2.51. The summed E-state index contributed by atoms with van der Waals surface area (Å²) in [5.74, 6) is -0.282. The van der Waals surface area contributed by atoms with E-state index in [1.807, 2.05) is 44.2 Å². The van der Waals surface area contributed by atoms with E-state index in [9.17, 15) is 4.79 Å². The van der Waals surface area contributed by atoms with Crippen molar-refractivity contribution in [3.63, 3.8) is 0 Å². The first kappa shape index (κ1) is 18.3. The van der Waals surface area contributed by atoms with Crippen molar-refractivity contribution in [2.75, 3.05) is 5.32 Å². The van der Waals surface area contributed by atoms with Crippen molar-refractivity contribution in [2.24, 2.45) is 0 Å². The molecule has 134 valence electrons. The van der Waals surface area contributed by atoms with Crippen molar-refractivity contribution in [3.05, 3.63) is 63.4 Å². The Balaban J connectivity index is 1.70. The smallest absolute Gasteiger partial charge is 0.250 e. The summed E-state index contributed by atoms with van der Waals surface area (Å²) in [5, 5.41) is 16.9. The second-order valence-electron chi connectivity index (χ2n) is 5.61. The molecule has 1 N–H and O–H groups in total. The molecule has 0 bridgehead atoms. The van der Waals surface area contributed by atoms with Gasteiger partial charge >= 0.3 is 0 Å². The lowest BCUT2D eigenvalue weighted by Gasteiger charge is -2.03. The van der Waals surface area contributed by atoms with Crippen LogP contribution in [0.4, 0.5) is 5.13 Å². The normalized spacial score (nSPS) is 11.2. The Morgan fingerprint density at radius 3 is 2.77 bits per heavy atom. The van der Waals surface area contributed by atoms with Crippen molar-refractivity contribution < 1.29 is 4.79 Å². The number of nitrogens with one attached hydrogen (secondary N) is 1. The largest absolute Gasteiger partial charge is 0.297 e. The predicted octanol–water partition coefficient (Wildman–Crippen LogP) is 3.96.